The van der Waals surface area contributed by atoms with Gasteiger partial charge in [0.25, 0.3) is 0 Å². The molecule has 1 aliphatic heterocycles. The summed E-state index contributed by atoms with van der Waals surface area (Å²) in [5, 5.41) is 2.42. The maximum atomic E-state index is 6.92. The maximum Gasteiger partial charge on any atom is 0.132 e. The summed E-state index contributed by atoms with van der Waals surface area (Å²) in [4.78, 5) is 2.39. The predicted molar refractivity (Wildman–Crippen MR) is 264 cm³/mol. The average molecular weight is 817 g/mol. The lowest BCUT2D eigenvalue weighted by atomic mass is 9.66. The number of nitrogens with zero attached hydrogens (tertiary/aromatic N) is 2. The second kappa shape index (κ2) is 14.3. The topological polar surface area (TPSA) is 17.4 Å². The zero-order valence-electron chi connectivity index (χ0n) is 34.9. The molecule has 3 heteroatoms. The summed E-state index contributed by atoms with van der Waals surface area (Å²) in [6, 6.07) is 87.9. The third kappa shape index (κ3) is 5.41. The summed E-state index contributed by atoms with van der Waals surface area (Å²) in [7, 11) is 0. The van der Waals surface area contributed by atoms with Crippen molar-refractivity contribution in [2.24, 2.45) is 0 Å². The fourth-order valence-corrected chi connectivity index (χ4v) is 10.7. The summed E-state index contributed by atoms with van der Waals surface area (Å²) in [5.41, 5.74) is 18.3. The van der Waals surface area contributed by atoms with Gasteiger partial charge in [-0.2, -0.15) is 0 Å². The van der Waals surface area contributed by atoms with Gasteiger partial charge in [-0.05, 0) is 117 Å². The molecule has 1 aromatic heterocycles. The van der Waals surface area contributed by atoms with E-state index in [2.05, 4.69) is 252 Å². The SMILES string of the molecule is c1ccc(-c2ccc(N(c3cccc(-c4ccc5c(c4)Oc4ccccc4C54c5ccccc5-c5ccccc54)c3)c3ccc4c(c3)c3ccccc3n4-c3ccccc3)cc2)cc1. The summed E-state index contributed by atoms with van der Waals surface area (Å²) in [5.74, 6) is 1.77. The van der Waals surface area contributed by atoms with Crippen molar-refractivity contribution in [2.45, 2.75) is 5.41 Å². The van der Waals surface area contributed by atoms with Gasteiger partial charge in [0.15, 0.2) is 0 Å². The lowest BCUT2D eigenvalue weighted by Gasteiger charge is -2.39. The van der Waals surface area contributed by atoms with Gasteiger partial charge in [-0.1, -0.05) is 170 Å². The molecule has 0 fully saturated rings. The summed E-state index contributed by atoms with van der Waals surface area (Å²) < 4.78 is 9.29. The molecule has 0 saturated carbocycles. The summed E-state index contributed by atoms with van der Waals surface area (Å²) >= 11 is 0. The average Bonchev–Trinajstić information content (AvgIpc) is 3.85. The normalized spacial score (nSPS) is 12.9. The van der Waals surface area contributed by atoms with Crippen molar-refractivity contribution in [2.75, 3.05) is 4.90 Å². The molecule has 13 rings (SSSR count). The van der Waals surface area contributed by atoms with Crippen LogP contribution in [0.5, 0.6) is 11.5 Å². The molecule has 2 heterocycles. The van der Waals surface area contributed by atoms with Crippen molar-refractivity contribution in [1.29, 1.82) is 0 Å². The second-order valence-corrected chi connectivity index (χ2v) is 16.8. The standard InChI is InChI=1S/C61H40N2O/c1-3-16-41(17-4-1)42-30-33-46(34-31-42)62(48-35-37-58-52(40-48)51-24-9-13-28-57(51)63(58)45-19-5-2-6-20-45)47-21-15-18-43(38-47)44-32-36-56-60(39-44)64-59-29-14-12-27-55(59)61(56)53-25-10-7-22-49(53)50-23-8-11-26-54(50)61/h1-40H. The van der Waals surface area contributed by atoms with E-state index in [1.165, 1.54) is 60.8 Å². The quantitative estimate of drug-likeness (QED) is 0.166. The Balaban J connectivity index is 0.969. The van der Waals surface area contributed by atoms with Gasteiger partial charge in [0.2, 0.25) is 0 Å². The van der Waals surface area contributed by atoms with Crippen LogP contribution in [-0.4, -0.2) is 4.57 Å². The Kier molecular flexibility index (Phi) is 8.13. The third-order valence-corrected chi connectivity index (χ3v) is 13.4. The van der Waals surface area contributed by atoms with Crippen molar-refractivity contribution >= 4 is 38.9 Å². The molecule has 64 heavy (non-hydrogen) atoms. The molecule has 300 valence electrons. The van der Waals surface area contributed by atoms with E-state index in [0.29, 0.717) is 0 Å². The van der Waals surface area contributed by atoms with Crippen LogP contribution in [0.3, 0.4) is 0 Å². The summed E-state index contributed by atoms with van der Waals surface area (Å²) in [6.07, 6.45) is 0. The van der Waals surface area contributed by atoms with Gasteiger partial charge < -0.3 is 14.2 Å². The van der Waals surface area contributed by atoms with E-state index in [1.54, 1.807) is 0 Å². The fraction of sp³-hybridized carbons (Fsp3) is 0.0164. The Labute approximate surface area is 372 Å². The number of aromatic nitrogens is 1. The Hall–Kier alpha value is -8.40. The monoisotopic (exact) mass is 816 g/mol. The van der Waals surface area contributed by atoms with Crippen LogP contribution in [0.1, 0.15) is 22.3 Å². The van der Waals surface area contributed by atoms with E-state index in [9.17, 15) is 0 Å². The minimum Gasteiger partial charge on any atom is -0.457 e. The van der Waals surface area contributed by atoms with Gasteiger partial charge >= 0.3 is 0 Å². The van der Waals surface area contributed by atoms with Crippen LogP contribution in [0, 0.1) is 0 Å². The van der Waals surface area contributed by atoms with Crippen LogP contribution < -0.4 is 9.64 Å². The van der Waals surface area contributed by atoms with Crippen LogP contribution >= 0.6 is 0 Å². The zero-order chi connectivity index (χ0) is 42.2. The van der Waals surface area contributed by atoms with Gasteiger partial charge in [-0.15, -0.1) is 0 Å². The molecule has 0 N–H and O–H groups in total. The summed E-state index contributed by atoms with van der Waals surface area (Å²) in [6.45, 7) is 0. The van der Waals surface area contributed by atoms with Crippen LogP contribution in [0.2, 0.25) is 0 Å². The molecular formula is C61H40N2O. The number of para-hydroxylation sites is 3. The third-order valence-electron chi connectivity index (χ3n) is 13.4. The van der Waals surface area contributed by atoms with Crippen LogP contribution in [0.4, 0.5) is 17.1 Å². The molecule has 2 aliphatic rings. The van der Waals surface area contributed by atoms with Gasteiger partial charge in [-0.3, -0.25) is 0 Å². The first-order valence-electron chi connectivity index (χ1n) is 22.0. The second-order valence-electron chi connectivity index (χ2n) is 16.8. The van der Waals surface area contributed by atoms with Gasteiger partial charge in [-0.25, -0.2) is 0 Å². The van der Waals surface area contributed by atoms with Gasteiger partial charge in [0.05, 0.1) is 16.4 Å². The number of fused-ring (bicyclic) bond motifs is 12. The maximum absolute atomic E-state index is 6.92. The molecule has 11 aromatic rings. The highest BCUT2D eigenvalue weighted by Crippen LogP contribution is 2.62. The fourth-order valence-electron chi connectivity index (χ4n) is 10.7. The Bertz CT molecular complexity index is 3540. The van der Waals surface area contributed by atoms with E-state index in [1.807, 2.05) is 0 Å². The van der Waals surface area contributed by atoms with Crippen molar-refractivity contribution < 1.29 is 4.74 Å². The first kappa shape index (κ1) is 36.3. The van der Waals surface area contributed by atoms with Gasteiger partial charge in [0, 0.05) is 44.6 Å². The molecule has 10 aromatic carbocycles. The Morgan fingerprint density at radius 3 is 1.66 bits per heavy atom. The molecule has 0 saturated heterocycles. The highest BCUT2D eigenvalue weighted by atomic mass is 16.5. The van der Waals surface area contributed by atoms with Crippen molar-refractivity contribution in [3.8, 4) is 50.6 Å². The van der Waals surface area contributed by atoms with Crippen LogP contribution in [0.15, 0.2) is 243 Å². The predicted octanol–water partition coefficient (Wildman–Crippen LogP) is 16.1. The molecule has 3 nitrogen and oxygen atoms in total. The smallest absolute Gasteiger partial charge is 0.132 e. The van der Waals surface area contributed by atoms with E-state index in [4.69, 9.17) is 4.74 Å². The van der Waals surface area contributed by atoms with Gasteiger partial charge in [0.1, 0.15) is 11.5 Å². The van der Waals surface area contributed by atoms with Crippen LogP contribution in [-0.2, 0) is 5.41 Å². The number of rotatable bonds is 6. The Morgan fingerprint density at radius 2 is 0.875 bits per heavy atom. The first-order valence-corrected chi connectivity index (χ1v) is 22.0. The van der Waals surface area contributed by atoms with Crippen molar-refractivity contribution in [3.63, 3.8) is 0 Å². The number of ether oxygens (including phenoxy) is 1. The number of hydrogen-bond donors (Lipinski definition) is 0. The first-order chi connectivity index (χ1) is 31.7. The zero-order valence-corrected chi connectivity index (χ0v) is 34.9. The Morgan fingerprint density at radius 1 is 0.328 bits per heavy atom. The minimum absolute atomic E-state index is 0.497. The largest absolute Gasteiger partial charge is 0.457 e. The number of benzene rings is 10. The van der Waals surface area contributed by atoms with E-state index < -0.39 is 5.41 Å². The van der Waals surface area contributed by atoms with E-state index in [0.717, 1.165) is 50.9 Å². The highest BCUT2D eigenvalue weighted by Gasteiger charge is 2.50. The number of hydrogen-bond acceptors (Lipinski definition) is 2. The van der Waals surface area contributed by atoms with E-state index >= 15 is 0 Å². The van der Waals surface area contributed by atoms with E-state index in [-0.39, 0.29) is 0 Å². The molecule has 1 spiro atoms. The van der Waals surface area contributed by atoms with Crippen molar-refractivity contribution in [1.82, 2.24) is 4.57 Å². The molecular weight excluding hydrogens is 777 g/mol. The van der Waals surface area contributed by atoms with Crippen molar-refractivity contribution in [3.05, 3.63) is 265 Å². The lowest BCUT2D eigenvalue weighted by molar-refractivity contribution is 0.436. The molecule has 1 aliphatic carbocycles. The van der Waals surface area contributed by atoms with Crippen LogP contribution in [0.25, 0.3) is 60.9 Å². The lowest BCUT2D eigenvalue weighted by Crippen LogP contribution is -2.32. The molecule has 0 radical (unpaired) electrons. The highest BCUT2D eigenvalue weighted by molar-refractivity contribution is 6.10. The molecule has 0 bridgehead atoms. The number of anilines is 3. The molecule has 0 amide bonds. The molecule has 0 unspecified atom stereocenters. The molecule has 0 atom stereocenters. The minimum atomic E-state index is -0.497.